The zero-order valence-corrected chi connectivity index (χ0v) is 15.9. The van der Waals surface area contributed by atoms with Gasteiger partial charge in [-0.25, -0.2) is 0 Å². The first-order valence-corrected chi connectivity index (χ1v) is 10.1. The van der Waals surface area contributed by atoms with E-state index in [4.69, 9.17) is 0 Å². The van der Waals surface area contributed by atoms with Crippen molar-refractivity contribution in [2.75, 3.05) is 0 Å². The Morgan fingerprint density at radius 3 is 2.50 bits per heavy atom. The molecule has 1 N–H and O–H groups in total. The molecular weight excluding hydrogens is 296 g/mol. The maximum absolute atomic E-state index is 12.2. The number of allylic oxidation sites excluding steroid dienone is 1. The van der Waals surface area contributed by atoms with Gasteiger partial charge in [-0.3, -0.25) is 4.79 Å². The van der Waals surface area contributed by atoms with Crippen LogP contribution in [0.1, 0.15) is 79.1 Å². The van der Waals surface area contributed by atoms with Crippen LogP contribution in [0.25, 0.3) is 0 Å². The van der Waals surface area contributed by atoms with Gasteiger partial charge in [0.15, 0.2) is 0 Å². The first-order chi connectivity index (χ1) is 11.3. The van der Waals surface area contributed by atoms with Crippen LogP contribution in [0, 0.1) is 34.5 Å². The van der Waals surface area contributed by atoms with Crippen LogP contribution < -0.4 is 0 Å². The van der Waals surface area contributed by atoms with E-state index in [-0.39, 0.29) is 11.5 Å². The van der Waals surface area contributed by atoms with Crippen molar-refractivity contribution in [3.8, 4) is 0 Å². The van der Waals surface area contributed by atoms with Crippen LogP contribution in [0.5, 0.6) is 0 Å². The summed E-state index contributed by atoms with van der Waals surface area (Å²) in [5.41, 5.74) is 3.71. The highest BCUT2D eigenvalue weighted by Crippen LogP contribution is 2.67. The Kier molecular flexibility index (Phi) is 3.81. The van der Waals surface area contributed by atoms with E-state index < -0.39 is 0 Å². The van der Waals surface area contributed by atoms with Gasteiger partial charge in [0.25, 0.3) is 0 Å². The number of Topliss-reactive ketones (excluding diaryl/α,β-unsaturated/α-hetero) is 1. The van der Waals surface area contributed by atoms with E-state index in [1.165, 1.54) is 25.7 Å². The standard InChI is InChI=1S/C22H34O2/c1-13-11-16-18-6-5-17(14(2)23)21(18,3)10-8-19(16)22(4)9-7-15(24)12-20(13)22/h15-19,24H,5-12H2,1-4H3/t15-,16?,17+,18?,19?,21+,22+/m0/s1. The Morgan fingerprint density at radius 1 is 1.04 bits per heavy atom. The van der Waals surface area contributed by atoms with Crippen molar-refractivity contribution in [1.29, 1.82) is 0 Å². The minimum Gasteiger partial charge on any atom is -0.393 e. The molecule has 134 valence electrons. The number of fused-ring (bicyclic) bond motifs is 5. The van der Waals surface area contributed by atoms with Gasteiger partial charge in [0, 0.05) is 5.92 Å². The Bertz CT molecular complexity index is 591. The molecule has 0 aromatic heterocycles. The quantitative estimate of drug-likeness (QED) is 0.694. The van der Waals surface area contributed by atoms with Crippen LogP contribution >= 0.6 is 0 Å². The van der Waals surface area contributed by atoms with Gasteiger partial charge in [-0.15, -0.1) is 0 Å². The molecule has 7 atom stereocenters. The molecule has 3 unspecified atom stereocenters. The van der Waals surface area contributed by atoms with Crippen molar-refractivity contribution < 1.29 is 9.90 Å². The van der Waals surface area contributed by atoms with Crippen LogP contribution in [0.3, 0.4) is 0 Å². The van der Waals surface area contributed by atoms with Gasteiger partial charge in [-0.2, -0.15) is 0 Å². The van der Waals surface area contributed by atoms with Gasteiger partial charge in [0.1, 0.15) is 5.78 Å². The molecule has 2 nitrogen and oxygen atoms in total. The molecule has 3 saturated carbocycles. The van der Waals surface area contributed by atoms with Crippen LogP contribution in [-0.4, -0.2) is 17.0 Å². The monoisotopic (exact) mass is 330 g/mol. The van der Waals surface area contributed by atoms with Crippen molar-refractivity contribution in [2.24, 2.45) is 34.5 Å². The second-order valence-corrected chi connectivity index (χ2v) is 9.94. The van der Waals surface area contributed by atoms with Crippen LogP contribution in [0.4, 0.5) is 0 Å². The third kappa shape index (κ3) is 2.14. The lowest BCUT2D eigenvalue weighted by atomic mass is 9.46. The van der Waals surface area contributed by atoms with E-state index in [9.17, 15) is 9.90 Å². The summed E-state index contributed by atoms with van der Waals surface area (Å²) in [5, 5.41) is 10.2. The predicted octanol–water partition coefficient (Wildman–Crippen LogP) is 4.91. The van der Waals surface area contributed by atoms with Gasteiger partial charge in [-0.1, -0.05) is 25.0 Å². The maximum atomic E-state index is 12.2. The minimum absolute atomic E-state index is 0.123. The second kappa shape index (κ2) is 5.43. The molecular formula is C22H34O2. The van der Waals surface area contributed by atoms with Gasteiger partial charge >= 0.3 is 0 Å². The van der Waals surface area contributed by atoms with Crippen molar-refractivity contribution in [2.45, 2.75) is 85.2 Å². The summed E-state index contributed by atoms with van der Waals surface area (Å²) in [7, 11) is 0. The molecule has 2 heteroatoms. The fourth-order valence-electron chi connectivity index (χ4n) is 7.77. The first kappa shape index (κ1) is 16.8. The number of carbonyl (C=O) groups excluding carboxylic acids is 1. The molecule has 4 aliphatic rings. The molecule has 0 saturated heterocycles. The summed E-state index contributed by atoms with van der Waals surface area (Å²) >= 11 is 0. The maximum Gasteiger partial charge on any atom is 0.133 e. The molecule has 0 spiro atoms. The Hall–Kier alpha value is -0.630. The van der Waals surface area contributed by atoms with Crippen LogP contribution in [-0.2, 0) is 4.79 Å². The topological polar surface area (TPSA) is 37.3 Å². The van der Waals surface area contributed by atoms with Gasteiger partial charge in [0.05, 0.1) is 6.10 Å². The molecule has 0 aromatic carbocycles. The summed E-state index contributed by atoms with van der Waals surface area (Å²) in [4.78, 5) is 12.2. The van der Waals surface area contributed by atoms with E-state index >= 15 is 0 Å². The zero-order valence-electron chi connectivity index (χ0n) is 15.9. The largest absolute Gasteiger partial charge is 0.393 e. The highest BCUT2D eigenvalue weighted by molar-refractivity contribution is 5.79. The van der Waals surface area contributed by atoms with E-state index in [1.54, 1.807) is 11.1 Å². The van der Waals surface area contributed by atoms with Gasteiger partial charge in [0.2, 0.25) is 0 Å². The second-order valence-electron chi connectivity index (χ2n) is 9.94. The zero-order chi connectivity index (χ0) is 17.3. The third-order valence-electron chi connectivity index (χ3n) is 8.93. The number of carbonyl (C=O) groups is 1. The first-order valence-electron chi connectivity index (χ1n) is 10.1. The summed E-state index contributed by atoms with van der Waals surface area (Å²) in [6, 6.07) is 0. The fraction of sp³-hybridized carbons (Fsp3) is 0.864. The van der Waals surface area contributed by atoms with Crippen molar-refractivity contribution in [3.63, 3.8) is 0 Å². The van der Waals surface area contributed by atoms with Crippen LogP contribution in [0.2, 0.25) is 0 Å². The number of aliphatic hydroxyl groups is 1. The van der Waals surface area contributed by atoms with E-state index in [0.29, 0.717) is 17.1 Å². The number of rotatable bonds is 1. The molecule has 0 bridgehead atoms. The Balaban J connectivity index is 1.71. The van der Waals surface area contributed by atoms with Crippen molar-refractivity contribution in [3.05, 3.63) is 11.1 Å². The number of hydrogen-bond acceptors (Lipinski definition) is 2. The highest BCUT2D eigenvalue weighted by Gasteiger charge is 2.59. The minimum atomic E-state index is -0.123. The lowest BCUT2D eigenvalue weighted by Crippen LogP contribution is -2.51. The van der Waals surface area contributed by atoms with Gasteiger partial charge in [-0.05, 0) is 93.8 Å². The van der Waals surface area contributed by atoms with E-state index in [0.717, 1.165) is 43.4 Å². The molecule has 0 aromatic rings. The normalized spacial score (nSPS) is 51.0. The molecule has 0 amide bonds. The molecule has 3 fully saturated rings. The van der Waals surface area contributed by atoms with Gasteiger partial charge < -0.3 is 5.11 Å². The molecule has 0 radical (unpaired) electrons. The molecule has 4 aliphatic carbocycles. The average Bonchev–Trinajstić information content (AvgIpc) is 2.87. The molecule has 0 heterocycles. The summed E-state index contributed by atoms with van der Waals surface area (Å²) < 4.78 is 0. The summed E-state index contributed by atoms with van der Waals surface area (Å²) in [5.74, 6) is 2.99. The van der Waals surface area contributed by atoms with Crippen LogP contribution in [0.15, 0.2) is 11.1 Å². The Morgan fingerprint density at radius 2 is 1.79 bits per heavy atom. The van der Waals surface area contributed by atoms with Crippen molar-refractivity contribution in [1.82, 2.24) is 0 Å². The summed E-state index contributed by atoms with van der Waals surface area (Å²) in [6.45, 7) is 9.06. The third-order valence-corrected chi connectivity index (χ3v) is 8.93. The smallest absolute Gasteiger partial charge is 0.133 e. The lowest BCUT2D eigenvalue weighted by molar-refractivity contribution is -0.127. The van der Waals surface area contributed by atoms with E-state index in [2.05, 4.69) is 20.8 Å². The SMILES string of the molecule is CC(=O)[C@H]1CCC2C3CC(C)=C4C[C@@H](O)CC[C@]4(C)C3CC[C@@]21C. The lowest BCUT2D eigenvalue weighted by Gasteiger charge is -2.58. The predicted molar refractivity (Wildman–Crippen MR) is 96.5 cm³/mol. The average molecular weight is 331 g/mol. The van der Waals surface area contributed by atoms with E-state index in [1.807, 2.05) is 6.92 Å². The molecule has 24 heavy (non-hydrogen) atoms. The summed E-state index contributed by atoms with van der Waals surface area (Å²) in [6.07, 6.45) is 9.00. The number of aliphatic hydroxyl groups excluding tert-OH is 1. The van der Waals surface area contributed by atoms with Crippen molar-refractivity contribution >= 4 is 5.78 Å². The highest BCUT2D eigenvalue weighted by atomic mass is 16.3. The molecule has 4 rings (SSSR count). The number of hydrogen-bond donors (Lipinski definition) is 1. The Labute approximate surface area is 147 Å². The number of ketones is 1. The fourth-order valence-corrected chi connectivity index (χ4v) is 7.77. The molecule has 0 aliphatic heterocycles.